The van der Waals surface area contributed by atoms with Gasteiger partial charge in [0.2, 0.25) is 0 Å². The summed E-state index contributed by atoms with van der Waals surface area (Å²) in [6, 6.07) is 0. The number of unbranched alkanes of at least 4 members (excludes halogenated alkanes) is 3. The van der Waals surface area contributed by atoms with E-state index in [0.717, 1.165) is 0 Å². The fourth-order valence-electron chi connectivity index (χ4n) is 0.408. The summed E-state index contributed by atoms with van der Waals surface area (Å²) in [4.78, 5) is 0. The van der Waals surface area contributed by atoms with Gasteiger partial charge in [-0.05, 0) is 0 Å². The number of hydrogen-bond donors (Lipinski definition) is 0. The van der Waals surface area contributed by atoms with Gasteiger partial charge in [0.05, 0.1) is 0 Å². The fraction of sp³-hybridized carbons (Fsp3) is 0.714. The molecule has 0 spiro atoms. The van der Waals surface area contributed by atoms with Gasteiger partial charge in [-0.1, -0.05) is 19.8 Å². The van der Waals surface area contributed by atoms with E-state index in [1.165, 1.54) is 19.3 Å². The van der Waals surface area contributed by atoms with Crippen molar-refractivity contribution in [2.45, 2.75) is 33.1 Å². The Morgan fingerprint density at radius 3 is 1.89 bits per heavy atom. The van der Waals surface area contributed by atoms with E-state index in [-0.39, 0.29) is 42.9 Å². The van der Waals surface area contributed by atoms with Gasteiger partial charge < -0.3 is 13.8 Å². The molecule has 0 aliphatic rings. The van der Waals surface area contributed by atoms with Gasteiger partial charge in [0.15, 0.2) is 0 Å². The van der Waals surface area contributed by atoms with Gasteiger partial charge >= 0.3 is 23.1 Å². The van der Waals surface area contributed by atoms with E-state index in [2.05, 4.69) is 20.3 Å². The molecule has 0 aromatic carbocycles. The Bertz CT molecular complexity index is 20.9. The van der Waals surface area contributed by atoms with Crippen molar-refractivity contribution < 1.29 is 0 Å². The van der Waals surface area contributed by atoms with Crippen LogP contribution in [0.2, 0.25) is 0 Å². The van der Waals surface area contributed by atoms with Crippen LogP contribution in [0.5, 0.6) is 0 Å². The molecule has 0 saturated carbocycles. The van der Waals surface area contributed by atoms with Gasteiger partial charge in [0.1, 0.15) is 0 Å². The fourth-order valence-corrected chi connectivity index (χ4v) is 0.408. The molecule has 0 aromatic rings. The van der Waals surface area contributed by atoms with E-state index < -0.39 is 0 Å². The van der Waals surface area contributed by atoms with Crippen LogP contribution in [0.4, 0.5) is 0 Å². The quantitative estimate of drug-likeness (QED) is 0.339. The van der Waals surface area contributed by atoms with Crippen molar-refractivity contribution >= 4 is 35.5 Å². The first-order valence-corrected chi connectivity index (χ1v) is 2.69. The van der Waals surface area contributed by atoms with Crippen LogP contribution in [0.15, 0.2) is 0 Å². The standard InChI is InChI=1S/C6H13.CH3.ClH.Mg/c1-3-5-6-4-2;;;/h3H,4-6H2,1-2H3;1H3;1H;/q2*-1;;+2. The first-order chi connectivity index (χ1) is 2.91. The molecule has 54 valence electrons. The normalized spacial score (nSPS) is 6.00. The number of rotatable bonds is 3. The van der Waals surface area contributed by atoms with Crippen molar-refractivity contribution in [2.75, 3.05) is 0 Å². The molecular weight excluding hydrogens is 144 g/mol. The molecule has 0 heterocycles. The van der Waals surface area contributed by atoms with Gasteiger partial charge in [0, 0.05) is 0 Å². The first-order valence-electron chi connectivity index (χ1n) is 2.69. The molecule has 0 atom stereocenters. The average molecular weight is 161 g/mol. The van der Waals surface area contributed by atoms with Gasteiger partial charge in [0.25, 0.3) is 0 Å². The van der Waals surface area contributed by atoms with E-state index in [0.29, 0.717) is 0 Å². The average Bonchev–Trinajstić information content (AvgIpc) is 1.61. The summed E-state index contributed by atoms with van der Waals surface area (Å²) in [6.07, 6.45) is 6.18. The molecule has 0 amide bonds. The predicted molar refractivity (Wildman–Crippen MR) is 48.9 cm³/mol. The molecule has 9 heavy (non-hydrogen) atoms. The van der Waals surface area contributed by atoms with Crippen LogP contribution >= 0.6 is 12.4 Å². The van der Waals surface area contributed by atoms with E-state index in [9.17, 15) is 0 Å². The summed E-state index contributed by atoms with van der Waals surface area (Å²) in [5, 5.41) is 0. The molecule has 0 bridgehead atoms. The minimum atomic E-state index is 0. The van der Waals surface area contributed by atoms with Crippen LogP contribution in [0.3, 0.4) is 0 Å². The zero-order valence-electron chi connectivity index (χ0n) is 6.81. The third kappa shape index (κ3) is 27.4. The molecular formula is C7H17ClMg. The van der Waals surface area contributed by atoms with Crippen LogP contribution in [-0.2, 0) is 0 Å². The molecule has 0 N–H and O–H groups in total. The molecule has 0 aromatic heterocycles. The Balaban J connectivity index is -0.0000000417. The minimum absolute atomic E-state index is 0. The van der Waals surface area contributed by atoms with Crippen molar-refractivity contribution in [1.29, 1.82) is 0 Å². The SMILES string of the molecule is C[CH-]CCCC.Cl.[CH3-].[Mg+2]. The van der Waals surface area contributed by atoms with E-state index in [4.69, 9.17) is 0 Å². The maximum absolute atomic E-state index is 2.21. The number of hydrogen-bond acceptors (Lipinski definition) is 0. The maximum atomic E-state index is 2.21. The van der Waals surface area contributed by atoms with E-state index >= 15 is 0 Å². The monoisotopic (exact) mass is 160 g/mol. The Kier molecular flexibility index (Phi) is 57.4. The minimum Gasteiger partial charge on any atom is -0.358 e. The van der Waals surface area contributed by atoms with E-state index in [1.807, 2.05) is 0 Å². The summed E-state index contributed by atoms with van der Waals surface area (Å²) in [5.74, 6) is 0. The third-order valence-electron chi connectivity index (χ3n) is 0.846. The van der Waals surface area contributed by atoms with Crippen molar-refractivity contribution in [2.24, 2.45) is 0 Å². The summed E-state index contributed by atoms with van der Waals surface area (Å²) in [5.41, 5.74) is 0. The van der Waals surface area contributed by atoms with Crippen LogP contribution in [0, 0.1) is 13.8 Å². The molecule has 2 heteroatoms. The predicted octanol–water partition coefficient (Wildman–Crippen LogP) is 2.89. The van der Waals surface area contributed by atoms with Crippen molar-refractivity contribution in [3.05, 3.63) is 13.8 Å². The Hall–Kier alpha value is 1.06. The molecule has 0 unspecified atom stereocenters. The molecule has 0 radical (unpaired) electrons. The molecule has 0 rings (SSSR count). The van der Waals surface area contributed by atoms with Crippen molar-refractivity contribution in [3.8, 4) is 0 Å². The van der Waals surface area contributed by atoms with Gasteiger partial charge in [-0.15, -0.1) is 12.4 Å². The largest absolute Gasteiger partial charge is 2.00 e. The topological polar surface area (TPSA) is 0 Å². The van der Waals surface area contributed by atoms with Crippen LogP contribution in [0.25, 0.3) is 0 Å². The summed E-state index contributed by atoms with van der Waals surface area (Å²) < 4.78 is 0. The summed E-state index contributed by atoms with van der Waals surface area (Å²) in [6.45, 7) is 4.32. The second-order valence-electron chi connectivity index (χ2n) is 1.55. The summed E-state index contributed by atoms with van der Waals surface area (Å²) in [7, 11) is 0. The summed E-state index contributed by atoms with van der Waals surface area (Å²) >= 11 is 0. The maximum Gasteiger partial charge on any atom is 2.00 e. The van der Waals surface area contributed by atoms with Crippen molar-refractivity contribution in [1.82, 2.24) is 0 Å². The van der Waals surface area contributed by atoms with Crippen molar-refractivity contribution in [3.63, 3.8) is 0 Å². The van der Waals surface area contributed by atoms with Gasteiger partial charge in [-0.25, -0.2) is 0 Å². The Morgan fingerprint density at radius 1 is 1.33 bits per heavy atom. The second kappa shape index (κ2) is 23.0. The van der Waals surface area contributed by atoms with Gasteiger partial charge in [-0.2, -0.15) is 13.3 Å². The number of halogens is 1. The molecule has 0 aliphatic heterocycles. The zero-order valence-corrected chi connectivity index (χ0v) is 9.04. The van der Waals surface area contributed by atoms with Crippen LogP contribution in [0.1, 0.15) is 33.1 Å². The Morgan fingerprint density at radius 2 is 1.78 bits per heavy atom. The zero-order chi connectivity index (χ0) is 4.83. The third-order valence-corrected chi connectivity index (χ3v) is 0.846. The molecule has 0 saturated heterocycles. The van der Waals surface area contributed by atoms with Crippen LogP contribution < -0.4 is 0 Å². The molecule has 0 fully saturated rings. The second-order valence-corrected chi connectivity index (χ2v) is 1.55. The van der Waals surface area contributed by atoms with E-state index in [1.54, 1.807) is 0 Å². The Labute approximate surface area is 82.4 Å². The first kappa shape index (κ1) is 22.5. The molecule has 0 nitrogen and oxygen atoms in total. The van der Waals surface area contributed by atoms with Crippen LogP contribution in [-0.4, -0.2) is 23.1 Å². The smallest absolute Gasteiger partial charge is 0.358 e. The van der Waals surface area contributed by atoms with Gasteiger partial charge in [-0.3, -0.25) is 0 Å². The molecule has 0 aliphatic carbocycles.